The summed E-state index contributed by atoms with van der Waals surface area (Å²) >= 11 is 0. The van der Waals surface area contributed by atoms with Crippen molar-refractivity contribution in [3.63, 3.8) is 0 Å². The van der Waals surface area contributed by atoms with Crippen LogP contribution in [0.3, 0.4) is 0 Å². The normalized spacial score (nSPS) is 15.2. The lowest BCUT2D eigenvalue weighted by atomic mass is 9.99. The molecule has 0 fully saturated rings. The van der Waals surface area contributed by atoms with Crippen LogP contribution >= 0.6 is 0 Å². The van der Waals surface area contributed by atoms with Gasteiger partial charge in [0, 0.05) is 12.0 Å². The van der Waals surface area contributed by atoms with Gasteiger partial charge in [0.05, 0.1) is 18.9 Å². The van der Waals surface area contributed by atoms with E-state index in [9.17, 15) is 0 Å². The molecule has 2 heteroatoms. The van der Waals surface area contributed by atoms with Gasteiger partial charge in [-0.2, -0.15) is 5.26 Å². The van der Waals surface area contributed by atoms with Gasteiger partial charge in [0.25, 0.3) is 0 Å². The van der Waals surface area contributed by atoms with Crippen molar-refractivity contribution in [3.8, 4) is 6.07 Å². The third-order valence-corrected chi connectivity index (χ3v) is 1.87. The lowest BCUT2D eigenvalue weighted by Gasteiger charge is -2.12. The molecule has 2 nitrogen and oxygen atoms in total. The van der Waals surface area contributed by atoms with Crippen molar-refractivity contribution in [2.75, 3.05) is 7.11 Å². The van der Waals surface area contributed by atoms with Gasteiger partial charge in [0.15, 0.2) is 0 Å². The molecule has 1 aliphatic carbocycles. The fourth-order valence-corrected chi connectivity index (χ4v) is 1.15. The van der Waals surface area contributed by atoms with Crippen molar-refractivity contribution in [1.29, 1.82) is 5.26 Å². The first-order valence-corrected chi connectivity index (χ1v) is 4.62. The van der Waals surface area contributed by atoms with Gasteiger partial charge in [-0.3, -0.25) is 0 Å². The molecule has 0 saturated carbocycles. The zero-order valence-electron chi connectivity index (χ0n) is 8.85. The van der Waals surface area contributed by atoms with Crippen LogP contribution in [0.5, 0.6) is 0 Å². The minimum Gasteiger partial charge on any atom is -0.501 e. The molecule has 0 bridgehead atoms. The van der Waals surface area contributed by atoms with Gasteiger partial charge in [-0.15, -0.1) is 0 Å². The maximum absolute atomic E-state index is 8.64. The summed E-state index contributed by atoms with van der Waals surface area (Å²) < 4.78 is 5.07. The standard InChI is InChI=1S/C9H11NO.C2H6/c1-7-5-9(11-2)4-3-8(7)6-10;1-2/h5H,3-4H2,1-2H3;1-2H3. The monoisotopic (exact) mass is 179 g/mol. The second kappa shape index (κ2) is 6.30. The van der Waals surface area contributed by atoms with Crippen LogP contribution in [0, 0.1) is 11.3 Å². The van der Waals surface area contributed by atoms with Crippen LogP contribution < -0.4 is 0 Å². The Labute approximate surface area is 80.5 Å². The smallest absolute Gasteiger partial charge is 0.0961 e. The van der Waals surface area contributed by atoms with E-state index in [0.717, 1.165) is 29.7 Å². The van der Waals surface area contributed by atoms with E-state index in [1.807, 2.05) is 26.8 Å². The Bertz CT molecular complexity index is 256. The third kappa shape index (κ3) is 3.33. The van der Waals surface area contributed by atoms with E-state index in [1.54, 1.807) is 7.11 Å². The van der Waals surface area contributed by atoms with E-state index in [2.05, 4.69) is 6.07 Å². The molecule has 0 amide bonds. The molecule has 72 valence electrons. The molecule has 0 aromatic carbocycles. The minimum atomic E-state index is 0.821. The molecule has 1 aliphatic rings. The van der Waals surface area contributed by atoms with Gasteiger partial charge < -0.3 is 4.74 Å². The van der Waals surface area contributed by atoms with Crippen molar-refractivity contribution < 1.29 is 4.74 Å². The Morgan fingerprint density at radius 1 is 1.38 bits per heavy atom. The highest BCUT2D eigenvalue weighted by molar-refractivity contribution is 5.37. The average Bonchev–Trinajstić information content (AvgIpc) is 2.20. The summed E-state index contributed by atoms with van der Waals surface area (Å²) in [5.41, 5.74) is 1.92. The highest BCUT2D eigenvalue weighted by atomic mass is 16.5. The van der Waals surface area contributed by atoms with Crippen molar-refractivity contribution in [3.05, 3.63) is 23.0 Å². The van der Waals surface area contributed by atoms with E-state index in [-0.39, 0.29) is 0 Å². The zero-order chi connectivity index (χ0) is 10.3. The lowest BCUT2D eigenvalue weighted by molar-refractivity contribution is 0.275. The van der Waals surface area contributed by atoms with Gasteiger partial charge in [-0.25, -0.2) is 0 Å². The van der Waals surface area contributed by atoms with E-state index < -0.39 is 0 Å². The van der Waals surface area contributed by atoms with Crippen LogP contribution in [-0.2, 0) is 4.74 Å². The van der Waals surface area contributed by atoms with Crippen molar-refractivity contribution in [2.45, 2.75) is 33.6 Å². The second-order valence-corrected chi connectivity index (χ2v) is 2.59. The molecule has 0 unspecified atom stereocenters. The number of hydrogen-bond donors (Lipinski definition) is 0. The van der Waals surface area contributed by atoms with Gasteiger partial charge >= 0.3 is 0 Å². The van der Waals surface area contributed by atoms with E-state index in [0.29, 0.717) is 0 Å². The van der Waals surface area contributed by atoms with Crippen LogP contribution in [0.4, 0.5) is 0 Å². The predicted octanol–water partition coefficient (Wildman–Crippen LogP) is 3.18. The fraction of sp³-hybridized carbons (Fsp3) is 0.545. The first-order valence-electron chi connectivity index (χ1n) is 4.62. The van der Waals surface area contributed by atoms with Crippen LogP contribution in [0.2, 0.25) is 0 Å². The van der Waals surface area contributed by atoms with Crippen molar-refractivity contribution in [1.82, 2.24) is 0 Å². The molecular formula is C11H17NO. The van der Waals surface area contributed by atoms with Crippen molar-refractivity contribution >= 4 is 0 Å². The minimum absolute atomic E-state index is 0.821. The number of rotatable bonds is 1. The average molecular weight is 179 g/mol. The first kappa shape index (κ1) is 11.8. The van der Waals surface area contributed by atoms with E-state index in [1.165, 1.54) is 0 Å². The molecule has 1 rings (SSSR count). The summed E-state index contributed by atoms with van der Waals surface area (Å²) in [7, 11) is 1.66. The van der Waals surface area contributed by atoms with Crippen molar-refractivity contribution in [2.24, 2.45) is 0 Å². The lowest BCUT2D eigenvalue weighted by Crippen LogP contribution is -1.97. The Morgan fingerprint density at radius 2 is 2.00 bits per heavy atom. The first-order chi connectivity index (χ1) is 6.27. The number of allylic oxidation sites excluding steroid dienone is 4. The summed E-state index contributed by atoms with van der Waals surface area (Å²) in [6, 6.07) is 2.18. The van der Waals surface area contributed by atoms with Crippen LogP contribution in [0.1, 0.15) is 33.6 Å². The van der Waals surface area contributed by atoms with Crippen LogP contribution in [0.15, 0.2) is 23.0 Å². The van der Waals surface area contributed by atoms with Gasteiger partial charge in [0.1, 0.15) is 0 Å². The quantitative estimate of drug-likeness (QED) is 0.619. The molecule has 0 aliphatic heterocycles. The highest BCUT2D eigenvalue weighted by Crippen LogP contribution is 2.22. The number of methoxy groups -OCH3 is 1. The highest BCUT2D eigenvalue weighted by Gasteiger charge is 2.09. The van der Waals surface area contributed by atoms with E-state index >= 15 is 0 Å². The van der Waals surface area contributed by atoms with Gasteiger partial charge in [0.2, 0.25) is 0 Å². The predicted molar refractivity (Wildman–Crippen MR) is 54.0 cm³/mol. The largest absolute Gasteiger partial charge is 0.501 e. The topological polar surface area (TPSA) is 33.0 Å². The molecular weight excluding hydrogens is 162 g/mol. The SMILES string of the molecule is CC.COC1=CC(C)=C(C#N)CC1. The summed E-state index contributed by atoms with van der Waals surface area (Å²) in [5.74, 6) is 0.974. The Morgan fingerprint density at radius 3 is 2.38 bits per heavy atom. The third-order valence-electron chi connectivity index (χ3n) is 1.87. The van der Waals surface area contributed by atoms with Gasteiger partial charge in [-0.1, -0.05) is 13.8 Å². The Balaban J connectivity index is 0.000000671. The van der Waals surface area contributed by atoms with Crippen LogP contribution in [-0.4, -0.2) is 7.11 Å². The summed E-state index contributed by atoms with van der Waals surface area (Å²) in [6.07, 6.45) is 3.61. The number of ether oxygens (including phenoxy) is 1. The summed E-state index contributed by atoms with van der Waals surface area (Å²) in [5, 5.41) is 8.64. The van der Waals surface area contributed by atoms with Gasteiger partial charge in [-0.05, 0) is 25.0 Å². The molecule has 0 aromatic rings. The molecule has 0 saturated heterocycles. The molecule has 0 radical (unpaired) electrons. The molecule has 0 N–H and O–H groups in total. The molecule has 0 heterocycles. The molecule has 13 heavy (non-hydrogen) atoms. The fourth-order valence-electron chi connectivity index (χ4n) is 1.15. The summed E-state index contributed by atoms with van der Waals surface area (Å²) in [6.45, 7) is 5.94. The van der Waals surface area contributed by atoms with E-state index in [4.69, 9.17) is 10.00 Å². The maximum Gasteiger partial charge on any atom is 0.0961 e. The Hall–Kier alpha value is -1.23. The molecule has 0 spiro atoms. The summed E-state index contributed by atoms with van der Waals surface area (Å²) in [4.78, 5) is 0. The number of nitriles is 1. The second-order valence-electron chi connectivity index (χ2n) is 2.59. The number of nitrogens with zero attached hydrogens (tertiary/aromatic N) is 1. The zero-order valence-corrected chi connectivity index (χ0v) is 8.85. The van der Waals surface area contributed by atoms with Crippen LogP contribution in [0.25, 0.3) is 0 Å². The molecule has 0 aromatic heterocycles. The number of hydrogen-bond acceptors (Lipinski definition) is 2. The Kier molecular flexibility index (Phi) is 5.71. The molecule has 0 atom stereocenters. The maximum atomic E-state index is 8.64.